The van der Waals surface area contributed by atoms with E-state index in [0.29, 0.717) is 12.1 Å². The number of hydrogen-bond donors (Lipinski definition) is 1. The lowest BCUT2D eigenvalue weighted by molar-refractivity contribution is 0.438. The van der Waals surface area contributed by atoms with Crippen molar-refractivity contribution >= 4 is 0 Å². The van der Waals surface area contributed by atoms with Gasteiger partial charge >= 0.3 is 0 Å². The summed E-state index contributed by atoms with van der Waals surface area (Å²) < 4.78 is 0. The predicted octanol–water partition coefficient (Wildman–Crippen LogP) is 5.31. The summed E-state index contributed by atoms with van der Waals surface area (Å²) in [6.45, 7) is 11.2. The van der Waals surface area contributed by atoms with Crippen molar-refractivity contribution in [1.82, 2.24) is 5.32 Å². The minimum absolute atomic E-state index is 0.445. The molecule has 1 nitrogen and oxygen atoms in total. The van der Waals surface area contributed by atoms with Crippen LogP contribution in [0.4, 0.5) is 0 Å². The van der Waals surface area contributed by atoms with Gasteiger partial charge in [-0.25, -0.2) is 0 Å². The lowest BCUT2D eigenvalue weighted by Crippen LogP contribution is -2.28. The summed E-state index contributed by atoms with van der Waals surface area (Å²) >= 11 is 0. The number of benzene rings is 1. The van der Waals surface area contributed by atoms with Crippen molar-refractivity contribution in [2.75, 3.05) is 0 Å². The van der Waals surface area contributed by atoms with Gasteiger partial charge in [0.15, 0.2) is 0 Å². The van der Waals surface area contributed by atoms with Gasteiger partial charge in [-0.15, -0.1) is 0 Å². The molecule has 0 aliphatic heterocycles. The van der Waals surface area contributed by atoms with E-state index in [0.717, 1.165) is 0 Å². The molecule has 0 saturated heterocycles. The molecule has 0 spiro atoms. The molecule has 0 amide bonds. The second-order valence-electron chi connectivity index (χ2n) is 5.98. The van der Waals surface area contributed by atoms with Gasteiger partial charge in [0.25, 0.3) is 0 Å². The van der Waals surface area contributed by atoms with Crippen molar-refractivity contribution < 1.29 is 0 Å². The Labute approximate surface area is 119 Å². The third-order valence-electron chi connectivity index (χ3n) is 4.06. The van der Waals surface area contributed by atoms with Crippen molar-refractivity contribution in [3.63, 3.8) is 0 Å². The lowest BCUT2D eigenvalue weighted by atomic mass is 10.0. The zero-order valence-electron chi connectivity index (χ0n) is 13.4. The molecule has 1 rings (SSSR count). The van der Waals surface area contributed by atoms with E-state index < -0.39 is 0 Å². The highest BCUT2D eigenvalue weighted by Gasteiger charge is 2.09. The minimum atomic E-state index is 0.445. The van der Waals surface area contributed by atoms with Crippen LogP contribution >= 0.6 is 0 Å². The van der Waals surface area contributed by atoms with Crippen LogP contribution in [-0.2, 0) is 0 Å². The molecule has 0 saturated carbocycles. The molecule has 0 bridgehead atoms. The highest BCUT2D eigenvalue weighted by Crippen LogP contribution is 2.18. The van der Waals surface area contributed by atoms with Crippen LogP contribution in [0.15, 0.2) is 18.2 Å². The Bertz CT molecular complexity index is 370. The molecule has 0 aliphatic rings. The van der Waals surface area contributed by atoms with Gasteiger partial charge in [-0.1, -0.05) is 50.8 Å². The molecule has 0 heterocycles. The van der Waals surface area contributed by atoms with Gasteiger partial charge in [0.05, 0.1) is 0 Å². The first-order valence-corrected chi connectivity index (χ1v) is 7.87. The average Bonchev–Trinajstić information content (AvgIpc) is 2.38. The zero-order chi connectivity index (χ0) is 14.3. The van der Waals surface area contributed by atoms with Gasteiger partial charge in [0.2, 0.25) is 0 Å². The standard InChI is InChI=1S/C18H31N/c1-6-7-8-9-10-16(4)19-17(5)18-12-11-14(2)15(3)13-18/h11-13,16-17,19H,6-10H2,1-5H3. The lowest BCUT2D eigenvalue weighted by Gasteiger charge is -2.21. The highest BCUT2D eigenvalue weighted by molar-refractivity contribution is 5.31. The second kappa shape index (κ2) is 8.37. The molecule has 1 aromatic carbocycles. The molecule has 1 aromatic rings. The number of nitrogens with one attached hydrogen (secondary N) is 1. The van der Waals surface area contributed by atoms with Crippen LogP contribution in [0.1, 0.15) is 75.6 Å². The van der Waals surface area contributed by atoms with Crippen molar-refractivity contribution in [3.05, 3.63) is 34.9 Å². The first-order chi connectivity index (χ1) is 9.04. The van der Waals surface area contributed by atoms with E-state index in [2.05, 4.69) is 58.1 Å². The van der Waals surface area contributed by atoms with Crippen molar-refractivity contribution in [1.29, 1.82) is 0 Å². The van der Waals surface area contributed by atoms with E-state index >= 15 is 0 Å². The molecule has 1 heteroatoms. The van der Waals surface area contributed by atoms with Gasteiger partial charge in [-0.3, -0.25) is 0 Å². The van der Waals surface area contributed by atoms with E-state index in [1.807, 2.05) is 0 Å². The fraction of sp³-hybridized carbons (Fsp3) is 0.667. The molecule has 0 fully saturated rings. The molecule has 1 N–H and O–H groups in total. The van der Waals surface area contributed by atoms with Crippen LogP contribution in [0.3, 0.4) is 0 Å². The van der Waals surface area contributed by atoms with E-state index in [-0.39, 0.29) is 0 Å². The summed E-state index contributed by atoms with van der Waals surface area (Å²) in [4.78, 5) is 0. The van der Waals surface area contributed by atoms with Crippen molar-refractivity contribution in [2.45, 2.75) is 78.8 Å². The summed E-state index contributed by atoms with van der Waals surface area (Å²) in [5.41, 5.74) is 4.17. The van der Waals surface area contributed by atoms with E-state index in [9.17, 15) is 0 Å². The summed E-state index contributed by atoms with van der Waals surface area (Å²) in [5, 5.41) is 3.72. The van der Waals surface area contributed by atoms with Crippen LogP contribution in [0.2, 0.25) is 0 Å². The topological polar surface area (TPSA) is 12.0 Å². The molecule has 2 unspecified atom stereocenters. The fourth-order valence-electron chi connectivity index (χ4n) is 2.52. The number of aryl methyl sites for hydroxylation is 2. The van der Waals surface area contributed by atoms with Gasteiger partial charge in [0.1, 0.15) is 0 Å². The molecule has 19 heavy (non-hydrogen) atoms. The van der Waals surface area contributed by atoms with Crippen molar-refractivity contribution in [3.8, 4) is 0 Å². The van der Waals surface area contributed by atoms with Gasteiger partial charge < -0.3 is 5.32 Å². The van der Waals surface area contributed by atoms with E-state index in [1.165, 1.54) is 48.8 Å². The van der Waals surface area contributed by atoms with Gasteiger partial charge in [-0.05, 0) is 50.8 Å². The van der Waals surface area contributed by atoms with Gasteiger partial charge in [0, 0.05) is 12.1 Å². The first-order valence-electron chi connectivity index (χ1n) is 7.87. The second-order valence-corrected chi connectivity index (χ2v) is 5.98. The number of rotatable bonds is 8. The maximum atomic E-state index is 3.72. The maximum Gasteiger partial charge on any atom is 0.0294 e. The Morgan fingerprint density at radius 2 is 1.74 bits per heavy atom. The van der Waals surface area contributed by atoms with Crippen LogP contribution in [0, 0.1) is 13.8 Å². The normalized spacial score (nSPS) is 14.4. The summed E-state index contributed by atoms with van der Waals surface area (Å²) in [5.74, 6) is 0. The smallest absolute Gasteiger partial charge is 0.0294 e. The molecule has 2 atom stereocenters. The van der Waals surface area contributed by atoms with Crippen LogP contribution < -0.4 is 5.32 Å². The Balaban J connectivity index is 2.40. The summed E-state index contributed by atoms with van der Waals surface area (Å²) in [7, 11) is 0. The molecular weight excluding hydrogens is 230 g/mol. The maximum absolute atomic E-state index is 3.72. The van der Waals surface area contributed by atoms with Crippen molar-refractivity contribution in [2.24, 2.45) is 0 Å². The van der Waals surface area contributed by atoms with E-state index in [4.69, 9.17) is 0 Å². The number of hydrogen-bond acceptors (Lipinski definition) is 1. The first kappa shape index (κ1) is 16.2. The Kier molecular flexibility index (Phi) is 7.15. The van der Waals surface area contributed by atoms with Crippen LogP contribution in [0.25, 0.3) is 0 Å². The molecule has 0 aromatic heterocycles. The minimum Gasteiger partial charge on any atom is -0.308 e. The Morgan fingerprint density at radius 1 is 1.00 bits per heavy atom. The van der Waals surface area contributed by atoms with E-state index in [1.54, 1.807) is 0 Å². The summed E-state index contributed by atoms with van der Waals surface area (Å²) in [6, 6.07) is 7.85. The molecule has 108 valence electrons. The van der Waals surface area contributed by atoms with Gasteiger partial charge in [-0.2, -0.15) is 0 Å². The Morgan fingerprint density at radius 3 is 2.37 bits per heavy atom. The summed E-state index contributed by atoms with van der Waals surface area (Å²) in [6.07, 6.45) is 6.71. The average molecular weight is 261 g/mol. The third-order valence-corrected chi connectivity index (χ3v) is 4.06. The molecule has 0 radical (unpaired) electrons. The van der Waals surface area contributed by atoms with Crippen LogP contribution in [0.5, 0.6) is 0 Å². The largest absolute Gasteiger partial charge is 0.308 e. The third kappa shape index (κ3) is 5.78. The number of unbranched alkanes of at least 4 members (excludes halogenated alkanes) is 3. The van der Waals surface area contributed by atoms with Crippen LogP contribution in [-0.4, -0.2) is 6.04 Å². The SMILES string of the molecule is CCCCCCC(C)NC(C)c1ccc(C)c(C)c1. The fourth-order valence-corrected chi connectivity index (χ4v) is 2.52. The Hall–Kier alpha value is -0.820. The molecular formula is C18H31N. The predicted molar refractivity (Wildman–Crippen MR) is 85.7 cm³/mol. The monoisotopic (exact) mass is 261 g/mol. The quantitative estimate of drug-likeness (QED) is 0.625. The molecule has 0 aliphatic carbocycles. The zero-order valence-corrected chi connectivity index (χ0v) is 13.4. The highest BCUT2D eigenvalue weighted by atomic mass is 14.9.